The van der Waals surface area contributed by atoms with Gasteiger partial charge >= 0.3 is 0 Å². The van der Waals surface area contributed by atoms with Gasteiger partial charge in [-0.25, -0.2) is 4.99 Å². The van der Waals surface area contributed by atoms with Gasteiger partial charge in [-0.1, -0.05) is 30.3 Å². The van der Waals surface area contributed by atoms with Gasteiger partial charge in [0.1, 0.15) is 6.54 Å². The minimum absolute atomic E-state index is 0. The van der Waals surface area contributed by atoms with Crippen molar-refractivity contribution >= 4 is 35.8 Å². The number of carbonyl (C=O) groups excluding carboxylic acids is 1. The molecule has 0 aliphatic heterocycles. The molecule has 6 heteroatoms. The first kappa shape index (κ1) is 21.0. The number of halogens is 1. The van der Waals surface area contributed by atoms with E-state index in [1.54, 1.807) is 19.0 Å². The summed E-state index contributed by atoms with van der Waals surface area (Å²) >= 11 is 0. The first-order chi connectivity index (χ1) is 12.1. The molecule has 0 spiro atoms. The number of benzene rings is 1. The lowest BCUT2D eigenvalue weighted by Gasteiger charge is -2.30. The average Bonchev–Trinajstić information content (AvgIpc) is 3.44. The van der Waals surface area contributed by atoms with Crippen molar-refractivity contribution in [3.05, 3.63) is 35.9 Å². The Balaban J connectivity index is 0.00000243. The van der Waals surface area contributed by atoms with Crippen molar-refractivity contribution in [3.8, 4) is 0 Å². The van der Waals surface area contributed by atoms with Crippen LogP contribution in [-0.2, 0) is 4.79 Å². The summed E-state index contributed by atoms with van der Waals surface area (Å²) in [7, 11) is 3.54. The van der Waals surface area contributed by atoms with Gasteiger partial charge in [-0.05, 0) is 50.0 Å². The van der Waals surface area contributed by atoms with Crippen LogP contribution in [0.15, 0.2) is 35.3 Å². The molecule has 5 nitrogen and oxygen atoms in total. The zero-order chi connectivity index (χ0) is 17.6. The molecule has 144 valence electrons. The highest BCUT2D eigenvalue weighted by atomic mass is 127. The molecule has 0 atom stereocenters. The van der Waals surface area contributed by atoms with Crippen molar-refractivity contribution in [2.75, 3.05) is 20.6 Å². The Morgan fingerprint density at radius 2 is 1.54 bits per heavy atom. The van der Waals surface area contributed by atoms with Crippen molar-refractivity contribution in [2.45, 2.75) is 56.5 Å². The van der Waals surface area contributed by atoms with Crippen LogP contribution in [0.2, 0.25) is 0 Å². The number of carbonyl (C=O) groups is 1. The molecule has 2 N–H and O–H groups in total. The molecule has 0 radical (unpaired) electrons. The molecular weight excluding hydrogens is 439 g/mol. The predicted octanol–water partition coefficient (Wildman–Crippen LogP) is 3.12. The second-order valence-corrected chi connectivity index (χ2v) is 7.48. The van der Waals surface area contributed by atoms with E-state index in [0.29, 0.717) is 18.0 Å². The van der Waals surface area contributed by atoms with Crippen LogP contribution in [0.3, 0.4) is 0 Å². The van der Waals surface area contributed by atoms with E-state index in [-0.39, 0.29) is 36.4 Å². The minimum Gasteiger partial charge on any atom is -0.354 e. The number of amides is 1. The molecule has 1 amide bonds. The molecule has 0 heterocycles. The van der Waals surface area contributed by atoms with E-state index in [9.17, 15) is 4.79 Å². The van der Waals surface area contributed by atoms with E-state index in [1.807, 2.05) is 0 Å². The Hall–Kier alpha value is -1.31. The molecule has 2 aliphatic carbocycles. The van der Waals surface area contributed by atoms with Gasteiger partial charge in [0.25, 0.3) is 0 Å². The maximum atomic E-state index is 11.8. The lowest BCUT2D eigenvalue weighted by atomic mass is 9.82. The van der Waals surface area contributed by atoms with Crippen molar-refractivity contribution < 1.29 is 4.79 Å². The summed E-state index contributed by atoms with van der Waals surface area (Å²) in [5, 5.41) is 7.01. The second kappa shape index (κ2) is 10.1. The molecule has 0 bridgehead atoms. The number of guanidine groups is 1. The predicted molar refractivity (Wildman–Crippen MR) is 117 cm³/mol. The zero-order valence-corrected chi connectivity index (χ0v) is 18.1. The number of nitrogens with zero attached hydrogens (tertiary/aromatic N) is 2. The Bertz CT molecular complexity index is 593. The van der Waals surface area contributed by atoms with Gasteiger partial charge in [-0.3, -0.25) is 4.79 Å². The zero-order valence-electron chi connectivity index (χ0n) is 15.8. The van der Waals surface area contributed by atoms with E-state index < -0.39 is 0 Å². The topological polar surface area (TPSA) is 56.7 Å². The minimum atomic E-state index is 0. The molecule has 3 rings (SSSR count). The number of aliphatic imine (C=N–C) groups is 1. The van der Waals surface area contributed by atoms with Crippen LogP contribution < -0.4 is 10.6 Å². The molecule has 26 heavy (non-hydrogen) atoms. The Kier molecular flexibility index (Phi) is 8.18. The van der Waals surface area contributed by atoms with Gasteiger partial charge in [0.05, 0.1) is 0 Å². The molecule has 1 aromatic carbocycles. The quantitative estimate of drug-likeness (QED) is 0.395. The SMILES string of the molecule is CN(C)C(=O)CN=C(NC1CC1)NC1CCC(c2ccccc2)CC1.I. The van der Waals surface area contributed by atoms with E-state index >= 15 is 0 Å². The van der Waals surface area contributed by atoms with E-state index in [0.717, 1.165) is 18.8 Å². The fraction of sp³-hybridized carbons (Fsp3) is 0.600. The van der Waals surface area contributed by atoms with Gasteiger partial charge in [0, 0.05) is 26.2 Å². The number of likely N-dealkylation sites (N-methyl/N-ethyl adjacent to an activating group) is 1. The summed E-state index contributed by atoms with van der Waals surface area (Å²) in [6.45, 7) is 0.203. The molecule has 0 saturated heterocycles. The number of rotatable bonds is 5. The first-order valence-corrected chi connectivity index (χ1v) is 9.44. The normalized spacial score (nSPS) is 22.9. The fourth-order valence-electron chi connectivity index (χ4n) is 3.33. The summed E-state index contributed by atoms with van der Waals surface area (Å²) in [5.74, 6) is 1.51. The summed E-state index contributed by atoms with van der Waals surface area (Å²) in [6.07, 6.45) is 7.09. The monoisotopic (exact) mass is 470 g/mol. The van der Waals surface area contributed by atoms with Gasteiger partial charge < -0.3 is 15.5 Å². The Morgan fingerprint density at radius 3 is 2.04 bits per heavy atom. The van der Waals surface area contributed by atoms with Crippen LogP contribution >= 0.6 is 24.0 Å². The van der Waals surface area contributed by atoms with Crippen molar-refractivity contribution in [1.29, 1.82) is 0 Å². The lowest BCUT2D eigenvalue weighted by molar-refractivity contribution is -0.127. The first-order valence-electron chi connectivity index (χ1n) is 9.44. The van der Waals surface area contributed by atoms with Crippen LogP contribution in [0.1, 0.15) is 50.0 Å². The van der Waals surface area contributed by atoms with Crippen molar-refractivity contribution in [2.24, 2.45) is 4.99 Å². The molecule has 2 aliphatic rings. The van der Waals surface area contributed by atoms with Gasteiger partial charge in [-0.2, -0.15) is 0 Å². The van der Waals surface area contributed by atoms with Crippen LogP contribution in [0.4, 0.5) is 0 Å². The third kappa shape index (κ3) is 6.45. The van der Waals surface area contributed by atoms with Crippen molar-refractivity contribution in [1.82, 2.24) is 15.5 Å². The van der Waals surface area contributed by atoms with E-state index in [1.165, 1.54) is 31.2 Å². The van der Waals surface area contributed by atoms with Crippen LogP contribution in [0.25, 0.3) is 0 Å². The maximum Gasteiger partial charge on any atom is 0.243 e. The summed E-state index contributed by atoms with van der Waals surface area (Å²) in [6, 6.07) is 11.8. The number of hydrogen-bond donors (Lipinski definition) is 2. The standard InChI is InChI=1S/C20H30N4O.HI/c1-24(2)19(25)14-21-20(23-18-12-13-18)22-17-10-8-16(9-11-17)15-6-4-3-5-7-15;/h3-7,16-18H,8-14H2,1-2H3,(H2,21,22,23);1H. The summed E-state index contributed by atoms with van der Waals surface area (Å²) in [5.41, 5.74) is 1.46. The number of nitrogens with one attached hydrogen (secondary N) is 2. The molecule has 2 saturated carbocycles. The van der Waals surface area contributed by atoms with Gasteiger partial charge in [0.15, 0.2) is 5.96 Å². The number of hydrogen-bond acceptors (Lipinski definition) is 2. The second-order valence-electron chi connectivity index (χ2n) is 7.48. The van der Waals surface area contributed by atoms with Crippen LogP contribution in [-0.4, -0.2) is 49.5 Å². The molecule has 0 unspecified atom stereocenters. The highest BCUT2D eigenvalue weighted by Crippen LogP contribution is 2.32. The van der Waals surface area contributed by atoms with Gasteiger partial charge in [0.2, 0.25) is 5.91 Å². The fourth-order valence-corrected chi connectivity index (χ4v) is 3.33. The Labute approximate surface area is 174 Å². The smallest absolute Gasteiger partial charge is 0.243 e. The highest BCUT2D eigenvalue weighted by Gasteiger charge is 2.26. The molecular formula is C20H31IN4O. The molecule has 1 aromatic rings. The van der Waals surface area contributed by atoms with Gasteiger partial charge in [-0.15, -0.1) is 24.0 Å². The molecule has 2 fully saturated rings. The average molecular weight is 470 g/mol. The summed E-state index contributed by atoms with van der Waals surface area (Å²) in [4.78, 5) is 17.9. The van der Waals surface area contributed by atoms with E-state index in [2.05, 4.69) is 46.0 Å². The van der Waals surface area contributed by atoms with Crippen molar-refractivity contribution in [3.63, 3.8) is 0 Å². The third-order valence-electron chi connectivity index (χ3n) is 5.13. The largest absolute Gasteiger partial charge is 0.354 e. The van der Waals surface area contributed by atoms with Crippen LogP contribution in [0.5, 0.6) is 0 Å². The Morgan fingerprint density at radius 1 is 1.00 bits per heavy atom. The summed E-state index contributed by atoms with van der Waals surface area (Å²) < 4.78 is 0. The lowest BCUT2D eigenvalue weighted by Crippen LogP contribution is -2.46. The third-order valence-corrected chi connectivity index (χ3v) is 5.13. The maximum absolute atomic E-state index is 11.8. The molecule has 0 aromatic heterocycles. The highest BCUT2D eigenvalue weighted by molar-refractivity contribution is 14.0. The van der Waals surface area contributed by atoms with Crippen LogP contribution in [0, 0.1) is 0 Å². The van der Waals surface area contributed by atoms with E-state index in [4.69, 9.17) is 0 Å².